The molecule has 0 aromatic carbocycles. The average Bonchev–Trinajstić information content (AvgIpc) is 2.43. The number of hydrogen-bond acceptors (Lipinski definition) is 3. The van der Waals surface area contributed by atoms with Crippen molar-refractivity contribution in [2.75, 3.05) is 13.7 Å². The van der Waals surface area contributed by atoms with Crippen molar-refractivity contribution >= 4 is 0 Å². The van der Waals surface area contributed by atoms with E-state index in [4.69, 9.17) is 4.74 Å². The van der Waals surface area contributed by atoms with E-state index < -0.39 is 0 Å². The lowest BCUT2D eigenvalue weighted by atomic mass is 10.00. The van der Waals surface area contributed by atoms with Crippen LogP contribution in [-0.4, -0.2) is 37.0 Å². The van der Waals surface area contributed by atoms with Crippen LogP contribution in [0.15, 0.2) is 0 Å². The van der Waals surface area contributed by atoms with Crippen molar-refractivity contribution in [1.29, 1.82) is 0 Å². The highest BCUT2D eigenvalue weighted by Gasteiger charge is 2.25. The second-order valence-electron chi connectivity index (χ2n) is 5.28. The number of methoxy groups -OCH3 is 1. The maximum atomic E-state index is 10.0. The first-order chi connectivity index (χ1) is 7.65. The second kappa shape index (κ2) is 7.25. The molecule has 0 amide bonds. The highest BCUT2D eigenvalue weighted by Crippen LogP contribution is 2.19. The van der Waals surface area contributed by atoms with Crippen molar-refractivity contribution in [3.63, 3.8) is 0 Å². The molecule has 1 aliphatic carbocycles. The molecule has 1 rings (SSSR count). The molecule has 0 spiro atoms. The highest BCUT2D eigenvalue weighted by molar-refractivity contribution is 4.83. The lowest BCUT2D eigenvalue weighted by Crippen LogP contribution is -2.49. The summed E-state index contributed by atoms with van der Waals surface area (Å²) in [5.41, 5.74) is 0. The standard InChI is InChI=1S/C13H27NO2/c1-10(2)12(9-16-3)14-11-7-5-4-6-8-13(11)15/h10-15H,4-9H2,1-3H3. The van der Waals surface area contributed by atoms with Crippen LogP contribution in [-0.2, 0) is 4.74 Å². The minimum Gasteiger partial charge on any atom is -0.392 e. The third-order valence-corrected chi connectivity index (χ3v) is 3.56. The molecule has 3 nitrogen and oxygen atoms in total. The fourth-order valence-electron chi connectivity index (χ4n) is 2.37. The Balaban J connectivity index is 2.47. The lowest BCUT2D eigenvalue weighted by molar-refractivity contribution is 0.0866. The van der Waals surface area contributed by atoms with E-state index in [1.165, 1.54) is 12.8 Å². The molecule has 1 fully saturated rings. The first-order valence-electron chi connectivity index (χ1n) is 6.58. The van der Waals surface area contributed by atoms with E-state index >= 15 is 0 Å². The van der Waals surface area contributed by atoms with Crippen molar-refractivity contribution < 1.29 is 9.84 Å². The van der Waals surface area contributed by atoms with Crippen LogP contribution in [0.2, 0.25) is 0 Å². The van der Waals surface area contributed by atoms with Gasteiger partial charge in [0.05, 0.1) is 12.7 Å². The van der Waals surface area contributed by atoms with Gasteiger partial charge in [-0.3, -0.25) is 0 Å². The molecule has 0 bridgehead atoms. The molecule has 0 aliphatic heterocycles. The Hall–Kier alpha value is -0.120. The molecule has 0 aromatic rings. The van der Waals surface area contributed by atoms with E-state index in [2.05, 4.69) is 19.2 Å². The van der Waals surface area contributed by atoms with Gasteiger partial charge in [-0.15, -0.1) is 0 Å². The monoisotopic (exact) mass is 229 g/mol. The van der Waals surface area contributed by atoms with E-state index in [0.29, 0.717) is 12.0 Å². The number of rotatable bonds is 5. The minimum atomic E-state index is -0.180. The first-order valence-corrected chi connectivity index (χ1v) is 6.58. The molecule has 3 heteroatoms. The largest absolute Gasteiger partial charge is 0.392 e. The molecular formula is C13H27NO2. The summed E-state index contributed by atoms with van der Waals surface area (Å²) < 4.78 is 5.23. The van der Waals surface area contributed by atoms with Gasteiger partial charge in [0.15, 0.2) is 0 Å². The quantitative estimate of drug-likeness (QED) is 0.708. The van der Waals surface area contributed by atoms with Gasteiger partial charge in [0.25, 0.3) is 0 Å². The topological polar surface area (TPSA) is 41.5 Å². The van der Waals surface area contributed by atoms with Gasteiger partial charge in [-0.1, -0.05) is 33.1 Å². The van der Waals surface area contributed by atoms with Crippen molar-refractivity contribution in [2.45, 2.75) is 64.1 Å². The Labute approximate surface area is 99.6 Å². The summed E-state index contributed by atoms with van der Waals surface area (Å²) in [5.74, 6) is 0.537. The third-order valence-electron chi connectivity index (χ3n) is 3.56. The van der Waals surface area contributed by atoms with E-state index in [9.17, 15) is 5.11 Å². The summed E-state index contributed by atoms with van der Waals surface area (Å²) in [4.78, 5) is 0. The van der Waals surface area contributed by atoms with Crippen LogP contribution in [0.4, 0.5) is 0 Å². The molecule has 2 N–H and O–H groups in total. The predicted octanol–water partition coefficient (Wildman–Crippen LogP) is 1.94. The van der Waals surface area contributed by atoms with Crippen LogP contribution in [0.25, 0.3) is 0 Å². The van der Waals surface area contributed by atoms with Crippen LogP contribution < -0.4 is 5.32 Å². The number of nitrogens with one attached hydrogen (secondary N) is 1. The van der Waals surface area contributed by atoms with Gasteiger partial charge in [-0.25, -0.2) is 0 Å². The van der Waals surface area contributed by atoms with Crippen LogP contribution in [0, 0.1) is 5.92 Å². The summed E-state index contributed by atoms with van der Waals surface area (Å²) in [6.07, 6.45) is 5.50. The van der Waals surface area contributed by atoms with Crippen LogP contribution in [0.3, 0.4) is 0 Å². The zero-order valence-electron chi connectivity index (χ0n) is 10.9. The predicted molar refractivity (Wildman–Crippen MR) is 66.5 cm³/mol. The van der Waals surface area contributed by atoms with Crippen LogP contribution >= 0.6 is 0 Å². The molecule has 0 saturated heterocycles. The highest BCUT2D eigenvalue weighted by atomic mass is 16.5. The van der Waals surface area contributed by atoms with E-state index in [-0.39, 0.29) is 12.1 Å². The maximum absolute atomic E-state index is 10.0. The van der Waals surface area contributed by atoms with Crippen molar-refractivity contribution in [1.82, 2.24) is 5.32 Å². The third kappa shape index (κ3) is 4.40. The Morgan fingerprint density at radius 1 is 1.25 bits per heavy atom. The van der Waals surface area contributed by atoms with Gasteiger partial charge in [-0.05, 0) is 18.8 Å². The summed E-state index contributed by atoms with van der Waals surface area (Å²) in [6.45, 7) is 5.11. The van der Waals surface area contributed by atoms with Crippen molar-refractivity contribution in [3.05, 3.63) is 0 Å². The molecule has 0 aromatic heterocycles. The smallest absolute Gasteiger partial charge is 0.0693 e. The minimum absolute atomic E-state index is 0.180. The second-order valence-corrected chi connectivity index (χ2v) is 5.28. The molecule has 96 valence electrons. The summed E-state index contributed by atoms with van der Waals surface area (Å²) in [5, 5.41) is 13.6. The molecule has 3 unspecified atom stereocenters. The van der Waals surface area contributed by atoms with Crippen LogP contribution in [0.1, 0.15) is 46.0 Å². The zero-order chi connectivity index (χ0) is 12.0. The Kier molecular flexibility index (Phi) is 6.32. The molecule has 0 radical (unpaired) electrons. The number of aliphatic hydroxyl groups excluding tert-OH is 1. The molecule has 1 aliphatic rings. The maximum Gasteiger partial charge on any atom is 0.0693 e. The van der Waals surface area contributed by atoms with Gasteiger partial charge in [0.1, 0.15) is 0 Å². The zero-order valence-corrected chi connectivity index (χ0v) is 10.9. The molecule has 3 atom stereocenters. The molecular weight excluding hydrogens is 202 g/mol. The van der Waals surface area contributed by atoms with E-state index in [0.717, 1.165) is 25.9 Å². The van der Waals surface area contributed by atoms with Crippen LogP contribution in [0.5, 0.6) is 0 Å². The Morgan fingerprint density at radius 2 is 1.94 bits per heavy atom. The Bertz CT molecular complexity index is 185. The van der Waals surface area contributed by atoms with Crippen molar-refractivity contribution in [3.8, 4) is 0 Å². The molecule has 16 heavy (non-hydrogen) atoms. The number of hydrogen-bond donors (Lipinski definition) is 2. The van der Waals surface area contributed by atoms with E-state index in [1.807, 2.05) is 0 Å². The van der Waals surface area contributed by atoms with Crippen molar-refractivity contribution in [2.24, 2.45) is 5.92 Å². The fraction of sp³-hybridized carbons (Fsp3) is 1.00. The summed E-state index contributed by atoms with van der Waals surface area (Å²) in [7, 11) is 1.74. The summed E-state index contributed by atoms with van der Waals surface area (Å²) >= 11 is 0. The van der Waals surface area contributed by atoms with Gasteiger partial charge in [0, 0.05) is 19.2 Å². The van der Waals surface area contributed by atoms with Gasteiger partial charge >= 0.3 is 0 Å². The fourth-order valence-corrected chi connectivity index (χ4v) is 2.37. The lowest BCUT2D eigenvalue weighted by Gasteiger charge is -2.30. The normalized spacial score (nSPS) is 29.1. The number of aliphatic hydroxyl groups is 1. The SMILES string of the molecule is COCC(NC1CCCCCC1O)C(C)C. The first kappa shape index (κ1) is 13.9. The number of ether oxygens (including phenoxy) is 1. The average molecular weight is 229 g/mol. The Morgan fingerprint density at radius 3 is 2.56 bits per heavy atom. The molecule has 1 saturated carbocycles. The van der Waals surface area contributed by atoms with Gasteiger partial charge in [-0.2, -0.15) is 0 Å². The van der Waals surface area contributed by atoms with E-state index in [1.54, 1.807) is 7.11 Å². The van der Waals surface area contributed by atoms with Gasteiger partial charge in [0.2, 0.25) is 0 Å². The van der Waals surface area contributed by atoms with Gasteiger partial charge < -0.3 is 15.2 Å². The molecule has 0 heterocycles. The summed E-state index contributed by atoms with van der Waals surface area (Å²) in [6, 6.07) is 0.604.